The van der Waals surface area contributed by atoms with Gasteiger partial charge in [0.1, 0.15) is 0 Å². The Kier molecular flexibility index (Phi) is 4.69. The number of aromatic amines is 1. The summed E-state index contributed by atoms with van der Waals surface area (Å²) in [6.07, 6.45) is 0.966. The Bertz CT molecular complexity index is 681. The fourth-order valence-electron chi connectivity index (χ4n) is 2.15. The molecular formula is C18H25N3O. The predicted molar refractivity (Wildman–Crippen MR) is 92.4 cm³/mol. The first-order valence-electron chi connectivity index (χ1n) is 7.78. The molecule has 0 saturated carbocycles. The number of H-pyrrole nitrogens is 1. The summed E-state index contributed by atoms with van der Waals surface area (Å²) in [6.45, 7) is 10.7. The molecule has 2 N–H and O–H groups in total. The largest absolute Gasteiger partial charge is 0.353 e. The van der Waals surface area contributed by atoms with Gasteiger partial charge in [-0.2, -0.15) is 0 Å². The lowest BCUT2D eigenvalue weighted by molar-refractivity contribution is 0.590. The maximum Gasteiger partial charge on any atom is 0.252 e. The van der Waals surface area contributed by atoms with Crippen LogP contribution < -0.4 is 10.9 Å². The van der Waals surface area contributed by atoms with Crippen molar-refractivity contribution in [2.45, 2.75) is 52.5 Å². The summed E-state index contributed by atoms with van der Waals surface area (Å²) in [7, 11) is 0. The molecule has 1 unspecified atom stereocenters. The second-order valence-electron chi connectivity index (χ2n) is 6.76. The third kappa shape index (κ3) is 3.97. The minimum Gasteiger partial charge on any atom is -0.353 e. The van der Waals surface area contributed by atoms with E-state index in [2.05, 4.69) is 62.0 Å². The normalized spacial score (nSPS) is 13.0. The molecule has 0 aliphatic carbocycles. The maximum absolute atomic E-state index is 11.8. The van der Waals surface area contributed by atoms with E-state index in [1.165, 1.54) is 11.6 Å². The Hall–Kier alpha value is -2.10. The number of anilines is 1. The van der Waals surface area contributed by atoms with Crippen LogP contribution >= 0.6 is 0 Å². The monoisotopic (exact) mass is 299 g/mol. The number of nitrogens with zero attached hydrogens (tertiary/aromatic N) is 1. The fourth-order valence-corrected chi connectivity index (χ4v) is 2.15. The van der Waals surface area contributed by atoms with Crippen LogP contribution in [0.25, 0.3) is 11.3 Å². The molecule has 4 heteroatoms. The molecule has 0 radical (unpaired) electrons. The van der Waals surface area contributed by atoms with Crippen LogP contribution in [-0.4, -0.2) is 16.0 Å². The molecule has 1 aromatic heterocycles. The number of hydrogen-bond acceptors (Lipinski definition) is 3. The molecular weight excluding hydrogens is 274 g/mol. The van der Waals surface area contributed by atoms with Crippen molar-refractivity contribution in [1.82, 2.24) is 9.97 Å². The zero-order valence-electron chi connectivity index (χ0n) is 14.0. The Morgan fingerprint density at radius 3 is 2.41 bits per heavy atom. The van der Waals surface area contributed by atoms with Gasteiger partial charge in [-0.1, -0.05) is 52.0 Å². The van der Waals surface area contributed by atoms with Gasteiger partial charge in [0.15, 0.2) is 0 Å². The molecule has 0 saturated heterocycles. The molecule has 0 bridgehead atoms. The van der Waals surface area contributed by atoms with E-state index in [1.807, 2.05) is 12.1 Å². The Morgan fingerprint density at radius 2 is 1.86 bits per heavy atom. The van der Waals surface area contributed by atoms with Crippen molar-refractivity contribution in [1.29, 1.82) is 0 Å². The summed E-state index contributed by atoms with van der Waals surface area (Å²) in [6, 6.07) is 10.0. The lowest BCUT2D eigenvalue weighted by Crippen LogP contribution is -2.19. The van der Waals surface area contributed by atoms with Gasteiger partial charge in [0.25, 0.3) is 5.56 Å². The van der Waals surface area contributed by atoms with E-state index in [1.54, 1.807) is 0 Å². The summed E-state index contributed by atoms with van der Waals surface area (Å²) in [5.74, 6) is 0.525. The van der Waals surface area contributed by atoms with E-state index in [9.17, 15) is 4.79 Å². The third-order valence-corrected chi connectivity index (χ3v) is 3.78. The minimum absolute atomic E-state index is 0.114. The van der Waals surface area contributed by atoms with Crippen LogP contribution in [0, 0.1) is 0 Å². The fraction of sp³-hybridized carbons (Fsp3) is 0.444. The Balaban J connectivity index is 2.34. The summed E-state index contributed by atoms with van der Waals surface area (Å²) in [4.78, 5) is 19.1. The highest BCUT2D eigenvalue weighted by atomic mass is 16.1. The van der Waals surface area contributed by atoms with Crippen molar-refractivity contribution in [2.75, 3.05) is 5.32 Å². The molecule has 0 fully saturated rings. The minimum atomic E-state index is -0.143. The van der Waals surface area contributed by atoms with Crippen LogP contribution in [0.3, 0.4) is 0 Å². The summed E-state index contributed by atoms with van der Waals surface area (Å²) >= 11 is 0. The molecule has 2 aromatic rings. The predicted octanol–water partition coefficient (Wildman–Crippen LogP) is 3.94. The van der Waals surface area contributed by atoms with Gasteiger partial charge in [-0.05, 0) is 24.3 Å². The lowest BCUT2D eigenvalue weighted by atomic mass is 9.86. The zero-order chi connectivity index (χ0) is 16.3. The highest BCUT2D eigenvalue weighted by molar-refractivity contribution is 5.60. The molecule has 1 aromatic carbocycles. The van der Waals surface area contributed by atoms with E-state index in [4.69, 9.17) is 0 Å². The van der Waals surface area contributed by atoms with Gasteiger partial charge in [-0.15, -0.1) is 0 Å². The van der Waals surface area contributed by atoms with Crippen molar-refractivity contribution < 1.29 is 0 Å². The zero-order valence-corrected chi connectivity index (χ0v) is 14.0. The topological polar surface area (TPSA) is 57.8 Å². The molecule has 0 aliphatic heterocycles. The highest BCUT2D eigenvalue weighted by Crippen LogP contribution is 2.25. The Labute approximate surface area is 132 Å². The van der Waals surface area contributed by atoms with Crippen molar-refractivity contribution in [3.8, 4) is 11.3 Å². The second kappa shape index (κ2) is 6.34. The number of hydrogen-bond donors (Lipinski definition) is 2. The number of rotatable bonds is 4. The van der Waals surface area contributed by atoms with E-state index >= 15 is 0 Å². The smallest absolute Gasteiger partial charge is 0.252 e. The maximum atomic E-state index is 11.8. The summed E-state index contributed by atoms with van der Waals surface area (Å²) in [5, 5.41) is 3.21. The van der Waals surface area contributed by atoms with Gasteiger partial charge in [0.2, 0.25) is 5.95 Å². The van der Waals surface area contributed by atoms with Crippen molar-refractivity contribution >= 4 is 5.95 Å². The van der Waals surface area contributed by atoms with E-state index in [0.29, 0.717) is 11.6 Å². The number of benzene rings is 1. The SMILES string of the molecule is CCC(C)Nc1nc(-c2ccc(C(C)(C)C)cc2)cc(=O)[nH]1. The average Bonchev–Trinajstić information content (AvgIpc) is 2.45. The van der Waals surface area contributed by atoms with Crippen molar-refractivity contribution in [2.24, 2.45) is 0 Å². The van der Waals surface area contributed by atoms with Crippen LogP contribution in [0.1, 0.15) is 46.6 Å². The van der Waals surface area contributed by atoms with Gasteiger partial charge in [-0.3, -0.25) is 9.78 Å². The quantitative estimate of drug-likeness (QED) is 0.899. The molecule has 1 heterocycles. The second-order valence-corrected chi connectivity index (χ2v) is 6.76. The van der Waals surface area contributed by atoms with Gasteiger partial charge in [-0.25, -0.2) is 4.98 Å². The standard InChI is InChI=1S/C18H25N3O/c1-6-12(2)19-17-20-15(11-16(22)21-17)13-7-9-14(10-8-13)18(3,4)5/h7-12H,6H2,1-5H3,(H2,19,20,21,22). The molecule has 0 aliphatic rings. The third-order valence-electron chi connectivity index (χ3n) is 3.78. The lowest BCUT2D eigenvalue weighted by Gasteiger charge is -2.19. The van der Waals surface area contributed by atoms with Crippen LogP contribution in [0.4, 0.5) is 5.95 Å². The van der Waals surface area contributed by atoms with Gasteiger partial charge < -0.3 is 5.32 Å². The molecule has 0 amide bonds. The first-order chi connectivity index (χ1) is 10.3. The summed E-state index contributed by atoms with van der Waals surface area (Å²) < 4.78 is 0. The highest BCUT2D eigenvalue weighted by Gasteiger charge is 2.13. The van der Waals surface area contributed by atoms with E-state index in [-0.39, 0.29) is 17.0 Å². The molecule has 22 heavy (non-hydrogen) atoms. The molecule has 0 spiro atoms. The summed E-state index contributed by atoms with van der Waals surface area (Å²) in [5.41, 5.74) is 2.87. The number of nitrogens with one attached hydrogen (secondary N) is 2. The van der Waals surface area contributed by atoms with E-state index < -0.39 is 0 Å². The van der Waals surface area contributed by atoms with Gasteiger partial charge in [0.05, 0.1) is 5.69 Å². The van der Waals surface area contributed by atoms with Crippen molar-refractivity contribution in [3.63, 3.8) is 0 Å². The molecule has 4 nitrogen and oxygen atoms in total. The van der Waals surface area contributed by atoms with Crippen LogP contribution in [0.2, 0.25) is 0 Å². The van der Waals surface area contributed by atoms with Gasteiger partial charge in [0, 0.05) is 17.7 Å². The first-order valence-corrected chi connectivity index (χ1v) is 7.78. The van der Waals surface area contributed by atoms with Crippen LogP contribution in [0.5, 0.6) is 0 Å². The van der Waals surface area contributed by atoms with E-state index in [0.717, 1.165) is 12.0 Å². The molecule has 1 atom stereocenters. The average molecular weight is 299 g/mol. The van der Waals surface area contributed by atoms with Crippen molar-refractivity contribution in [3.05, 3.63) is 46.2 Å². The van der Waals surface area contributed by atoms with Crippen LogP contribution in [0.15, 0.2) is 35.1 Å². The molecule has 2 rings (SSSR count). The number of aromatic nitrogens is 2. The molecule has 118 valence electrons. The Morgan fingerprint density at radius 1 is 1.23 bits per heavy atom. The van der Waals surface area contributed by atoms with Gasteiger partial charge >= 0.3 is 0 Å². The van der Waals surface area contributed by atoms with Crippen LogP contribution in [-0.2, 0) is 5.41 Å². The first kappa shape index (κ1) is 16.3.